The molecule has 0 bridgehead atoms. The highest BCUT2D eigenvalue weighted by Crippen LogP contribution is 2.26. The normalized spacial score (nSPS) is 19.3. The summed E-state index contributed by atoms with van der Waals surface area (Å²) < 4.78 is 1.79. The molecule has 4 rings (SSSR count). The molecule has 2 atom stereocenters. The van der Waals surface area contributed by atoms with E-state index in [0.29, 0.717) is 5.56 Å². The highest BCUT2D eigenvalue weighted by molar-refractivity contribution is 5.98. The Balaban J connectivity index is 1.69. The number of aryl methyl sites for hydroxylation is 3. The molecule has 0 saturated carbocycles. The first-order chi connectivity index (χ1) is 14.9. The Morgan fingerprint density at radius 1 is 0.839 bits per heavy atom. The van der Waals surface area contributed by atoms with Crippen molar-refractivity contribution in [2.24, 2.45) is 0 Å². The van der Waals surface area contributed by atoms with Gasteiger partial charge in [0, 0.05) is 16.7 Å². The number of carbonyl (C=O) groups excluding carboxylic acids is 2. The van der Waals surface area contributed by atoms with Crippen LogP contribution in [0.4, 0.5) is 0 Å². The van der Waals surface area contributed by atoms with E-state index in [2.05, 4.69) is 10.7 Å². The van der Waals surface area contributed by atoms with Crippen LogP contribution in [0.2, 0.25) is 0 Å². The zero-order valence-corrected chi connectivity index (χ0v) is 17.9. The van der Waals surface area contributed by atoms with E-state index in [1.807, 2.05) is 87.6 Å². The average molecular weight is 413 g/mol. The van der Waals surface area contributed by atoms with Crippen LogP contribution in [0.1, 0.15) is 44.2 Å². The summed E-state index contributed by atoms with van der Waals surface area (Å²) >= 11 is 0. The molecular formula is C26H26N3O2+. The predicted molar refractivity (Wildman–Crippen MR) is 121 cm³/mol. The standard InChI is InChI=1S/C26H25N3O2/c1-17-4-10-20(11-5-17)16-29-24(21-12-6-18(2)7-13-21)23(26(31)28-29)27-25(30)22-14-8-19(3)9-15-22/h4-16,23-24H,1-3H3,(H-,27,28,30,31)/p+1/b29-16-/t23-,24+/m0/s1. The number of nitrogens with zero attached hydrogens (tertiary/aromatic N) is 1. The lowest BCUT2D eigenvalue weighted by atomic mass is 9.98. The molecule has 3 aromatic carbocycles. The van der Waals surface area contributed by atoms with Crippen molar-refractivity contribution >= 4 is 18.0 Å². The minimum atomic E-state index is -0.724. The third kappa shape index (κ3) is 4.56. The van der Waals surface area contributed by atoms with Gasteiger partial charge in [0.25, 0.3) is 5.91 Å². The van der Waals surface area contributed by atoms with E-state index in [1.54, 1.807) is 16.8 Å². The highest BCUT2D eigenvalue weighted by atomic mass is 16.2. The van der Waals surface area contributed by atoms with Crippen molar-refractivity contribution in [2.45, 2.75) is 32.9 Å². The lowest BCUT2D eigenvalue weighted by Gasteiger charge is -2.15. The van der Waals surface area contributed by atoms with Crippen LogP contribution in [0, 0.1) is 20.8 Å². The van der Waals surface area contributed by atoms with Crippen LogP contribution in [-0.2, 0) is 4.79 Å². The molecule has 0 spiro atoms. The Labute approximate surface area is 182 Å². The SMILES string of the molecule is Cc1ccc(/C=[N+]2\NC(=O)[C@@H](NC(=O)c3ccc(C)cc3)[C@H]2c2ccc(C)cc2)cc1. The molecule has 1 aliphatic rings. The van der Waals surface area contributed by atoms with Crippen molar-refractivity contribution in [3.63, 3.8) is 0 Å². The molecule has 156 valence electrons. The van der Waals surface area contributed by atoms with Crippen molar-refractivity contribution in [1.29, 1.82) is 0 Å². The molecule has 31 heavy (non-hydrogen) atoms. The summed E-state index contributed by atoms with van der Waals surface area (Å²) in [6.07, 6.45) is 1.90. The first-order valence-corrected chi connectivity index (χ1v) is 10.4. The third-order valence-corrected chi connectivity index (χ3v) is 5.52. The second-order valence-corrected chi connectivity index (χ2v) is 8.10. The van der Waals surface area contributed by atoms with E-state index < -0.39 is 6.04 Å². The van der Waals surface area contributed by atoms with E-state index >= 15 is 0 Å². The molecule has 0 radical (unpaired) electrons. The number of benzene rings is 3. The fourth-order valence-electron chi connectivity index (χ4n) is 3.69. The van der Waals surface area contributed by atoms with Gasteiger partial charge >= 0.3 is 5.91 Å². The second-order valence-electron chi connectivity index (χ2n) is 8.10. The van der Waals surface area contributed by atoms with Crippen LogP contribution < -0.4 is 10.7 Å². The molecule has 5 heteroatoms. The number of hydrogen-bond acceptors (Lipinski definition) is 2. The molecular weight excluding hydrogens is 386 g/mol. The first kappa shape index (κ1) is 20.5. The summed E-state index contributed by atoms with van der Waals surface area (Å²) in [5.74, 6) is -0.510. The zero-order valence-electron chi connectivity index (χ0n) is 17.9. The van der Waals surface area contributed by atoms with Gasteiger partial charge in [-0.1, -0.05) is 65.2 Å². The summed E-state index contributed by atoms with van der Waals surface area (Å²) in [5, 5.41) is 2.94. The first-order valence-electron chi connectivity index (χ1n) is 10.4. The molecule has 0 unspecified atom stereocenters. The lowest BCUT2D eigenvalue weighted by Crippen LogP contribution is -2.42. The largest absolute Gasteiger partial charge is 0.334 e. The molecule has 0 aromatic heterocycles. The number of carbonyl (C=O) groups is 2. The molecule has 1 heterocycles. The van der Waals surface area contributed by atoms with Gasteiger partial charge in [-0.15, -0.1) is 10.1 Å². The lowest BCUT2D eigenvalue weighted by molar-refractivity contribution is -0.596. The number of amides is 2. The van der Waals surface area contributed by atoms with E-state index in [1.165, 1.54) is 5.56 Å². The summed E-state index contributed by atoms with van der Waals surface area (Å²) in [7, 11) is 0. The number of hydrazone groups is 1. The van der Waals surface area contributed by atoms with Gasteiger partial charge in [-0.05, 0) is 45.0 Å². The Kier molecular flexibility index (Phi) is 5.67. The van der Waals surface area contributed by atoms with Gasteiger partial charge in [-0.2, -0.15) is 0 Å². The summed E-state index contributed by atoms with van der Waals surface area (Å²) in [5.41, 5.74) is 8.74. The third-order valence-electron chi connectivity index (χ3n) is 5.52. The Morgan fingerprint density at radius 3 is 1.94 bits per heavy atom. The summed E-state index contributed by atoms with van der Waals surface area (Å²) in [4.78, 5) is 25.8. The quantitative estimate of drug-likeness (QED) is 0.643. The summed E-state index contributed by atoms with van der Waals surface area (Å²) in [6, 6.07) is 22.3. The van der Waals surface area contributed by atoms with Crippen LogP contribution in [0.25, 0.3) is 0 Å². The molecule has 2 N–H and O–H groups in total. The van der Waals surface area contributed by atoms with Gasteiger partial charge in [-0.3, -0.25) is 9.59 Å². The molecule has 3 aromatic rings. The fourth-order valence-corrected chi connectivity index (χ4v) is 3.69. The molecule has 1 fully saturated rings. The van der Waals surface area contributed by atoms with E-state index in [9.17, 15) is 9.59 Å². The van der Waals surface area contributed by atoms with Gasteiger partial charge in [-0.25, -0.2) is 0 Å². The van der Waals surface area contributed by atoms with Gasteiger partial charge in [0.1, 0.15) is 0 Å². The predicted octanol–water partition coefficient (Wildman–Crippen LogP) is 3.63. The fraction of sp³-hybridized carbons (Fsp3) is 0.192. The summed E-state index contributed by atoms with van der Waals surface area (Å²) in [6.45, 7) is 6.03. The monoisotopic (exact) mass is 412 g/mol. The number of hydrogen-bond donors (Lipinski definition) is 2. The maximum atomic E-state index is 12.9. The smallest absolute Gasteiger partial charge is 0.304 e. The number of rotatable bonds is 4. The van der Waals surface area contributed by atoms with Crippen molar-refractivity contribution in [3.05, 3.63) is 106 Å². The van der Waals surface area contributed by atoms with Crippen LogP contribution in [0.15, 0.2) is 72.8 Å². The molecule has 2 amide bonds. The molecule has 1 saturated heterocycles. The molecule has 0 aliphatic carbocycles. The minimum Gasteiger partial charge on any atom is -0.334 e. The number of hydrazine groups is 1. The Bertz CT molecular complexity index is 1130. The minimum absolute atomic E-state index is 0.241. The maximum Gasteiger partial charge on any atom is 0.304 e. The van der Waals surface area contributed by atoms with Crippen molar-refractivity contribution in [3.8, 4) is 0 Å². The Hall–Kier alpha value is -3.73. The van der Waals surface area contributed by atoms with E-state index in [0.717, 1.165) is 22.3 Å². The van der Waals surface area contributed by atoms with Crippen LogP contribution in [-0.4, -0.2) is 28.8 Å². The van der Waals surface area contributed by atoms with Crippen molar-refractivity contribution in [1.82, 2.24) is 10.7 Å². The zero-order chi connectivity index (χ0) is 22.0. The average Bonchev–Trinajstić information content (AvgIpc) is 3.05. The van der Waals surface area contributed by atoms with Gasteiger partial charge < -0.3 is 5.32 Å². The molecule has 1 aliphatic heterocycles. The highest BCUT2D eigenvalue weighted by Gasteiger charge is 2.47. The van der Waals surface area contributed by atoms with Crippen LogP contribution >= 0.6 is 0 Å². The maximum absolute atomic E-state index is 12.9. The van der Waals surface area contributed by atoms with Crippen molar-refractivity contribution < 1.29 is 14.3 Å². The second kappa shape index (κ2) is 8.56. The van der Waals surface area contributed by atoms with E-state index in [-0.39, 0.29) is 17.9 Å². The van der Waals surface area contributed by atoms with Gasteiger partial charge in [0.2, 0.25) is 12.3 Å². The van der Waals surface area contributed by atoms with Crippen LogP contribution in [0.3, 0.4) is 0 Å². The topological polar surface area (TPSA) is 61.2 Å². The van der Waals surface area contributed by atoms with Crippen molar-refractivity contribution in [2.75, 3.05) is 0 Å². The number of nitrogens with one attached hydrogen (secondary N) is 2. The van der Waals surface area contributed by atoms with Gasteiger partial charge in [0.05, 0.1) is 0 Å². The van der Waals surface area contributed by atoms with Gasteiger partial charge in [0.15, 0.2) is 6.04 Å². The Morgan fingerprint density at radius 2 is 1.35 bits per heavy atom. The molecule has 5 nitrogen and oxygen atoms in total. The van der Waals surface area contributed by atoms with E-state index in [4.69, 9.17) is 0 Å². The van der Waals surface area contributed by atoms with Crippen LogP contribution in [0.5, 0.6) is 0 Å².